The molecule has 0 spiro atoms. The maximum Gasteiger partial charge on any atom is 0.279 e. The summed E-state index contributed by atoms with van der Waals surface area (Å²) in [5.41, 5.74) is 3.00. The van der Waals surface area contributed by atoms with Crippen LogP contribution in [0, 0.1) is 6.92 Å². The first-order valence-corrected chi connectivity index (χ1v) is 10.1. The highest BCUT2D eigenvalue weighted by atomic mass is 32.2. The van der Waals surface area contributed by atoms with E-state index in [2.05, 4.69) is 11.7 Å². The van der Waals surface area contributed by atoms with E-state index < -0.39 is 15.6 Å². The van der Waals surface area contributed by atoms with E-state index in [1.165, 1.54) is 4.41 Å². The number of aryl methyl sites for hydroxylation is 1. The minimum absolute atomic E-state index is 0.250. The summed E-state index contributed by atoms with van der Waals surface area (Å²) < 4.78 is 27.7. The van der Waals surface area contributed by atoms with Gasteiger partial charge in [0.25, 0.3) is 10.0 Å². The fraction of sp³-hybridized carbons (Fsp3) is 0.286. The minimum atomic E-state index is -3.75. The van der Waals surface area contributed by atoms with Crippen LogP contribution in [0.2, 0.25) is 0 Å². The number of hydrogen-bond donors (Lipinski definition) is 0. The van der Waals surface area contributed by atoms with Crippen LogP contribution in [0.15, 0.2) is 76.7 Å². The van der Waals surface area contributed by atoms with Crippen molar-refractivity contribution in [3.63, 3.8) is 0 Å². The molecule has 0 aromatic heterocycles. The van der Waals surface area contributed by atoms with Gasteiger partial charge in [-0.15, -0.1) is 0 Å². The quantitative estimate of drug-likeness (QED) is 0.738. The second-order valence-corrected chi connectivity index (χ2v) is 8.89. The first kappa shape index (κ1) is 18.4. The fourth-order valence-corrected chi connectivity index (χ4v) is 4.77. The van der Waals surface area contributed by atoms with Gasteiger partial charge in [-0.1, -0.05) is 60.2 Å². The summed E-state index contributed by atoms with van der Waals surface area (Å²) in [6.07, 6.45) is 1.17. The van der Waals surface area contributed by atoms with Gasteiger partial charge in [-0.25, -0.2) is 0 Å². The van der Waals surface area contributed by atoms with Crippen LogP contribution in [-0.4, -0.2) is 24.1 Å². The minimum Gasteiger partial charge on any atom is -0.200 e. The van der Waals surface area contributed by atoms with Crippen LogP contribution >= 0.6 is 0 Å². The topological polar surface area (TPSA) is 49.7 Å². The normalized spacial score (nSPS) is 20.1. The second kappa shape index (κ2) is 6.72. The van der Waals surface area contributed by atoms with Gasteiger partial charge in [-0.05, 0) is 38.5 Å². The van der Waals surface area contributed by atoms with Crippen LogP contribution in [0.5, 0.6) is 0 Å². The Kier molecular flexibility index (Phi) is 4.76. The Morgan fingerprint density at radius 2 is 1.77 bits per heavy atom. The summed E-state index contributed by atoms with van der Waals surface area (Å²) in [7, 11) is -3.75. The van der Waals surface area contributed by atoms with E-state index in [9.17, 15) is 8.42 Å². The van der Waals surface area contributed by atoms with E-state index in [-0.39, 0.29) is 4.90 Å². The van der Waals surface area contributed by atoms with Crippen molar-refractivity contribution in [2.45, 2.75) is 44.0 Å². The van der Waals surface area contributed by atoms with Gasteiger partial charge in [0.05, 0.1) is 10.4 Å². The van der Waals surface area contributed by atoms with Gasteiger partial charge in [-0.3, -0.25) is 0 Å². The van der Waals surface area contributed by atoms with Crippen molar-refractivity contribution in [1.29, 1.82) is 0 Å². The average Bonchev–Trinajstić information content (AvgIpc) is 2.95. The highest BCUT2D eigenvalue weighted by Gasteiger charge is 2.46. The third-order valence-corrected chi connectivity index (χ3v) is 6.73. The number of hydrazone groups is 1. The van der Waals surface area contributed by atoms with Crippen LogP contribution in [0.3, 0.4) is 0 Å². The third-order valence-electron chi connectivity index (χ3n) is 4.92. The Balaban J connectivity index is 2.00. The molecule has 0 aliphatic carbocycles. The third kappa shape index (κ3) is 3.31. The Morgan fingerprint density at radius 3 is 2.35 bits per heavy atom. The highest BCUT2D eigenvalue weighted by molar-refractivity contribution is 7.89. The lowest BCUT2D eigenvalue weighted by molar-refractivity contribution is 0.289. The Bertz CT molecular complexity index is 947. The van der Waals surface area contributed by atoms with E-state index in [4.69, 9.17) is 0 Å². The highest BCUT2D eigenvalue weighted by Crippen LogP contribution is 2.38. The molecule has 0 saturated carbocycles. The zero-order valence-electron chi connectivity index (χ0n) is 15.4. The Labute approximate surface area is 155 Å². The smallest absolute Gasteiger partial charge is 0.200 e. The van der Waals surface area contributed by atoms with Crippen molar-refractivity contribution < 1.29 is 8.42 Å². The molecule has 1 atom stereocenters. The molecule has 2 aromatic carbocycles. The van der Waals surface area contributed by atoms with Crippen molar-refractivity contribution in [2.24, 2.45) is 5.10 Å². The molecular formula is C21H24N2O2S. The van der Waals surface area contributed by atoms with E-state index in [0.29, 0.717) is 12.8 Å². The molecule has 3 rings (SSSR count). The lowest BCUT2D eigenvalue weighted by Gasteiger charge is -2.33. The molecular weight excluding hydrogens is 344 g/mol. The SMILES string of the molecule is C=C(C)[C@@]1(C)CC(Cc2ccccc2)=NN1S(=O)(=O)c1ccc(C)cc1. The van der Waals surface area contributed by atoms with Crippen molar-refractivity contribution >= 4 is 15.7 Å². The number of rotatable bonds is 5. The second-order valence-electron chi connectivity index (χ2n) is 7.12. The molecule has 5 heteroatoms. The molecule has 1 aliphatic rings. The van der Waals surface area contributed by atoms with Crippen molar-refractivity contribution in [2.75, 3.05) is 0 Å². The van der Waals surface area contributed by atoms with Gasteiger partial charge in [0.2, 0.25) is 0 Å². The predicted molar refractivity (Wildman–Crippen MR) is 106 cm³/mol. The maximum absolute atomic E-state index is 13.2. The standard InChI is InChI=1S/C21H24N2O2S/c1-16(2)21(4)15-19(14-18-8-6-5-7-9-18)22-23(21)26(24,25)20-12-10-17(3)11-13-20/h5-13H,1,14-15H2,2-4H3/t21-/m1/s1. The maximum atomic E-state index is 13.2. The van der Waals surface area contributed by atoms with Crippen LogP contribution in [0.1, 0.15) is 31.4 Å². The number of sulfonamides is 1. The van der Waals surface area contributed by atoms with E-state index in [1.54, 1.807) is 24.3 Å². The first-order valence-electron chi connectivity index (χ1n) is 8.62. The van der Waals surface area contributed by atoms with Gasteiger partial charge in [0.15, 0.2) is 0 Å². The summed E-state index contributed by atoms with van der Waals surface area (Å²) in [5.74, 6) is 0. The molecule has 136 valence electrons. The lowest BCUT2D eigenvalue weighted by atomic mass is 9.88. The monoisotopic (exact) mass is 368 g/mol. The van der Waals surface area contributed by atoms with Gasteiger partial charge in [0.1, 0.15) is 0 Å². The van der Waals surface area contributed by atoms with Gasteiger partial charge >= 0.3 is 0 Å². The van der Waals surface area contributed by atoms with Crippen LogP contribution in [0.25, 0.3) is 0 Å². The zero-order chi connectivity index (χ0) is 18.9. The van der Waals surface area contributed by atoms with E-state index >= 15 is 0 Å². The molecule has 0 N–H and O–H groups in total. The molecule has 26 heavy (non-hydrogen) atoms. The van der Waals surface area contributed by atoms with Crippen LogP contribution in [-0.2, 0) is 16.4 Å². The Hall–Kier alpha value is -2.40. The van der Waals surface area contributed by atoms with Crippen LogP contribution in [0.4, 0.5) is 0 Å². The number of benzene rings is 2. The number of hydrogen-bond acceptors (Lipinski definition) is 3. The molecule has 0 bridgehead atoms. The molecule has 0 amide bonds. The lowest BCUT2D eigenvalue weighted by Crippen LogP contribution is -2.44. The predicted octanol–water partition coefficient (Wildman–Crippen LogP) is 4.32. The van der Waals surface area contributed by atoms with Crippen LogP contribution < -0.4 is 0 Å². The van der Waals surface area contributed by atoms with Gasteiger partial charge in [-0.2, -0.15) is 17.9 Å². The molecule has 0 radical (unpaired) electrons. The fourth-order valence-electron chi connectivity index (χ4n) is 3.11. The van der Waals surface area contributed by atoms with Crippen molar-refractivity contribution in [3.8, 4) is 0 Å². The summed E-state index contributed by atoms with van der Waals surface area (Å²) in [4.78, 5) is 0.250. The molecule has 0 saturated heterocycles. The summed E-state index contributed by atoms with van der Waals surface area (Å²) >= 11 is 0. The van der Waals surface area contributed by atoms with Gasteiger partial charge < -0.3 is 0 Å². The molecule has 0 unspecified atom stereocenters. The summed E-state index contributed by atoms with van der Waals surface area (Å²) in [5, 5.41) is 4.53. The number of nitrogens with zero attached hydrogens (tertiary/aromatic N) is 2. The zero-order valence-corrected chi connectivity index (χ0v) is 16.3. The molecule has 1 aliphatic heterocycles. The Morgan fingerprint density at radius 1 is 1.15 bits per heavy atom. The summed E-state index contributed by atoms with van der Waals surface area (Å²) in [6.45, 7) is 9.72. The van der Waals surface area contributed by atoms with Crippen molar-refractivity contribution in [3.05, 3.63) is 77.9 Å². The molecule has 2 aromatic rings. The van der Waals surface area contributed by atoms with E-state index in [1.807, 2.05) is 51.1 Å². The van der Waals surface area contributed by atoms with Gasteiger partial charge in [0, 0.05) is 18.6 Å². The van der Waals surface area contributed by atoms with Crippen molar-refractivity contribution in [1.82, 2.24) is 4.41 Å². The van der Waals surface area contributed by atoms with E-state index in [0.717, 1.165) is 22.4 Å². The molecule has 0 fully saturated rings. The molecule has 4 nitrogen and oxygen atoms in total. The first-order chi connectivity index (χ1) is 12.2. The summed E-state index contributed by atoms with van der Waals surface area (Å²) in [6, 6.07) is 16.8. The average molecular weight is 369 g/mol. The largest absolute Gasteiger partial charge is 0.279 e. The molecule has 1 heterocycles.